The van der Waals surface area contributed by atoms with Gasteiger partial charge in [-0.05, 0) is 31.2 Å². The van der Waals surface area contributed by atoms with Crippen LogP contribution < -0.4 is 4.74 Å². The molecule has 0 spiro atoms. The lowest BCUT2D eigenvalue weighted by Gasteiger charge is -2.01. The van der Waals surface area contributed by atoms with Gasteiger partial charge in [0.2, 0.25) is 0 Å². The fourth-order valence-electron chi connectivity index (χ4n) is 1.18. The van der Waals surface area contributed by atoms with Gasteiger partial charge in [0.15, 0.2) is 9.84 Å². The summed E-state index contributed by atoms with van der Waals surface area (Å²) in [6, 6.07) is 5.88. The van der Waals surface area contributed by atoms with E-state index in [1.807, 2.05) is 0 Å². The summed E-state index contributed by atoms with van der Waals surface area (Å²) in [7, 11) is -2.15. The second kappa shape index (κ2) is 6.20. The molecule has 1 aromatic carbocycles. The minimum atomic E-state index is -3.64. The predicted octanol–water partition coefficient (Wildman–Crippen LogP) is 1.55. The van der Waals surface area contributed by atoms with E-state index >= 15 is 0 Å². The van der Waals surface area contributed by atoms with Crippen LogP contribution in [0.3, 0.4) is 0 Å². The molecule has 0 bridgehead atoms. The lowest BCUT2D eigenvalue weighted by atomic mass is 10.3. The van der Waals surface area contributed by atoms with Gasteiger partial charge < -0.3 is 9.47 Å². The first-order chi connectivity index (χ1) is 8.49. The summed E-state index contributed by atoms with van der Waals surface area (Å²) < 4.78 is 33.1. The molecule has 0 aromatic heterocycles. The molecule has 0 atom stereocenters. The Hall–Kier alpha value is -1.82. The summed E-state index contributed by atoms with van der Waals surface area (Å²) in [5.41, 5.74) is 0. The molecule has 6 heteroatoms. The van der Waals surface area contributed by atoms with Crippen molar-refractivity contribution in [2.45, 2.75) is 11.8 Å². The number of rotatable bonds is 5. The number of ether oxygens (including phenoxy) is 2. The third kappa shape index (κ3) is 3.89. The van der Waals surface area contributed by atoms with Gasteiger partial charge >= 0.3 is 5.97 Å². The second-order valence-corrected chi connectivity index (χ2v) is 5.11. The SMILES string of the molecule is CCOC(=O)/C=C\S(=O)(=O)c1ccc(OC)cc1. The van der Waals surface area contributed by atoms with Crippen molar-refractivity contribution < 1.29 is 22.7 Å². The Kier molecular flexibility index (Phi) is 4.91. The van der Waals surface area contributed by atoms with Crippen molar-refractivity contribution in [1.29, 1.82) is 0 Å². The predicted molar refractivity (Wildman–Crippen MR) is 66.0 cm³/mol. The molecule has 0 saturated heterocycles. The van der Waals surface area contributed by atoms with Crippen molar-refractivity contribution in [3.63, 3.8) is 0 Å². The van der Waals surface area contributed by atoms with E-state index in [-0.39, 0.29) is 11.5 Å². The van der Waals surface area contributed by atoms with Crippen molar-refractivity contribution in [1.82, 2.24) is 0 Å². The van der Waals surface area contributed by atoms with Crippen LogP contribution in [0.15, 0.2) is 40.6 Å². The molecule has 0 fully saturated rings. The lowest BCUT2D eigenvalue weighted by molar-refractivity contribution is -0.137. The zero-order valence-electron chi connectivity index (χ0n) is 10.1. The van der Waals surface area contributed by atoms with Crippen molar-refractivity contribution in [3.8, 4) is 5.75 Å². The molecule has 0 unspecified atom stereocenters. The van der Waals surface area contributed by atoms with Gasteiger partial charge in [0.25, 0.3) is 0 Å². The lowest BCUT2D eigenvalue weighted by Crippen LogP contribution is -2.02. The number of methoxy groups -OCH3 is 1. The van der Waals surface area contributed by atoms with Gasteiger partial charge in [-0.1, -0.05) is 0 Å². The molecule has 0 N–H and O–H groups in total. The molecule has 18 heavy (non-hydrogen) atoms. The highest BCUT2D eigenvalue weighted by atomic mass is 32.2. The number of hydrogen-bond donors (Lipinski definition) is 0. The molecule has 0 heterocycles. The fraction of sp³-hybridized carbons (Fsp3) is 0.250. The third-order valence-corrected chi connectivity index (χ3v) is 3.48. The van der Waals surface area contributed by atoms with Crippen LogP contribution in [0.2, 0.25) is 0 Å². The maximum atomic E-state index is 11.8. The Morgan fingerprint density at radius 1 is 1.28 bits per heavy atom. The molecule has 1 aromatic rings. The van der Waals surface area contributed by atoms with Gasteiger partial charge in [-0.3, -0.25) is 0 Å². The molecule has 0 aliphatic rings. The molecular weight excluding hydrogens is 256 g/mol. The standard InChI is InChI=1S/C12H14O5S/c1-3-17-12(13)8-9-18(14,15)11-6-4-10(16-2)5-7-11/h4-9H,3H2,1-2H3/b9-8-. The highest BCUT2D eigenvalue weighted by molar-refractivity contribution is 7.94. The normalized spacial score (nSPS) is 11.4. The second-order valence-electron chi connectivity index (χ2n) is 3.28. The van der Waals surface area contributed by atoms with E-state index in [2.05, 4.69) is 4.74 Å². The molecule has 0 aliphatic carbocycles. The maximum absolute atomic E-state index is 11.8. The Labute approximate surface area is 106 Å². The topological polar surface area (TPSA) is 69.7 Å². The van der Waals surface area contributed by atoms with Gasteiger partial charge in [-0.2, -0.15) is 0 Å². The van der Waals surface area contributed by atoms with Crippen molar-refractivity contribution in [3.05, 3.63) is 35.7 Å². The Balaban J connectivity index is 2.89. The summed E-state index contributed by atoms with van der Waals surface area (Å²) >= 11 is 0. The van der Waals surface area contributed by atoms with Crippen LogP contribution in [0.1, 0.15) is 6.92 Å². The van der Waals surface area contributed by atoms with E-state index in [9.17, 15) is 13.2 Å². The number of esters is 1. The van der Waals surface area contributed by atoms with Gasteiger partial charge in [0.05, 0.1) is 18.6 Å². The number of carbonyl (C=O) groups is 1. The van der Waals surface area contributed by atoms with Crippen LogP contribution in [0.4, 0.5) is 0 Å². The number of sulfone groups is 1. The Morgan fingerprint density at radius 3 is 2.39 bits per heavy atom. The Bertz CT molecular complexity index is 528. The van der Waals surface area contributed by atoms with Crippen LogP contribution in [0, 0.1) is 0 Å². The molecule has 5 nitrogen and oxygen atoms in total. The molecule has 98 valence electrons. The van der Waals surface area contributed by atoms with Crippen molar-refractivity contribution in [2.24, 2.45) is 0 Å². The van der Waals surface area contributed by atoms with Crippen LogP contribution in [0.5, 0.6) is 5.75 Å². The number of hydrogen-bond acceptors (Lipinski definition) is 5. The zero-order valence-corrected chi connectivity index (χ0v) is 10.9. The van der Waals surface area contributed by atoms with Gasteiger partial charge in [-0.25, -0.2) is 13.2 Å². The molecule has 0 saturated carbocycles. The largest absolute Gasteiger partial charge is 0.497 e. The van der Waals surface area contributed by atoms with E-state index in [1.165, 1.54) is 31.4 Å². The molecule has 0 aliphatic heterocycles. The van der Waals surface area contributed by atoms with Crippen LogP contribution in [-0.4, -0.2) is 28.1 Å². The van der Waals surface area contributed by atoms with E-state index in [4.69, 9.17) is 4.74 Å². The monoisotopic (exact) mass is 270 g/mol. The summed E-state index contributed by atoms with van der Waals surface area (Å²) in [6.45, 7) is 1.84. The first-order valence-corrected chi connectivity index (χ1v) is 6.78. The molecule has 0 radical (unpaired) electrons. The summed E-state index contributed by atoms with van der Waals surface area (Å²) in [6.07, 6.45) is 0.892. The van der Waals surface area contributed by atoms with Gasteiger partial charge in [0, 0.05) is 11.5 Å². The summed E-state index contributed by atoms with van der Waals surface area (Å²) in [5.74, 6) is -0.127. The van der Waals surface area contributed by atoms with E-state index in [0.29, 0.717) is 5.75 Å². The number of benzene rings is 1. The van der Waals surface area contributed by atoms with Crippen LogP contribution in [-0.2, 0) is 19.4 Å². The first kappa shape index (κ1) is 14.2. The van der Waals surface area contributed by atoms with E-state index < -0.39 is 15.8 Å². The average Bonchev–Trinajstić information content (AvgIpc) is 2.37. The molecule has 1 rings (SSSR count). The molecule has 0 amide bonds. The quantitative estimate of drug-likeness (QED) is 0.599. The first-order valence-electron chi connectivity index (χ1n) is 5.23. The summed E-state index contributed by atoms with van der Waals surface area (Å²) in [4.78, 5) is 11.1. The van der Waals surface area contributed by atoms with Crippen LogP contribution >= 0.6 is 0 Å². The molecular formula is C12H14O5S. The summed E-state index contributed by atoms with van der Waals surface area (Å²) in [5, 5.41) is 0.826. The number of carbonyl (C=O) groups excluding carboxylic acids is 1. The highest BCUT2D eigenvalue weighted by Crippen LogP contribution is 2.17. The minimum absolute atomic E-state index is 0.0869. The van der Waals surface area contributed by atoms with E-state index in [1.54, 1.807) is 6.92 Å². The third-order valence-electron chi connectivity index (χ3n) is 2.06. The van der Waals surface area contributed by atoms with Crippen molar-refractivity contribution in [2.75, 3.05) is 13.7 Å². The highest BCUT2D eigenvalue weighted by Gasteiger charge is 2.11. The van der Waals surface area contributed by atoms with Crippen molar-refractivity contribution >= 4 is 15.8 Å². The average molecular weight is 270 g/mol. The minimum Gasteiger partial charge on any atom is -0.497 e. The van der Waals surface area contributed by atoms with Gasteiger partial charge in [0.1, 0.15) is 5.75 Å². The van der Waals surface area contributed by atoms with Crippen LogP contribution in [0.25, 0.3) is 0 Å². The smallest absolute Gasteiger partial charge is 0.331 e. The maximum Gasteiger partial charge on any atom is 0.331 e. The Morgan fingerprint density at radius 2 is 1.89 bits per heavy atom. The fourth-order valence-corrected chi connectivity index (χ4v) is 2.14. The van der Waals surface area contributed by atoms with Gasteiger partial charge in [-0.15, -0.1) is 0 Å². The van der Waals surface area contributed by atoms with E-state index in [0.717, 1.165) is 11.5 Å². The zero-order chi connectivity index (χ0) is 13.6.